The van der Waals surface area contributed by atoms with Gasteiger partial charge in [0.15, 0.2) is 0 Å². The van der Waals surface area contributed by atoms with Crippen LogP contribution in [-0.4, -0.2) is 43.2 Å². The van der Waals surface area contributed by atoms with E-state index in [0.717, 1.165) is 60.4 Å². The van der Waals surface area contributed by atoms with Crippen molar-refractivity contribution >= 4 is 28.6 Å². The van der Waals surface area contributed by atoms with Gasteiger partial charge >= 0.3 is 0 Å². The third-order valence-corrected chi connectivity index (χ3v) is 6.53. The highest BCUT2D eigenvalue weighted by molar-refractivity contribution is 7.13. The van der Waals surface area contributed by atoms with Gasteiger partial charge in [-0.3, -0.25) is 4.79 Å². The van der Waals surface area contributed by atoms with Crippen molar-refractivity contribution in [2.24, 2.45) is 0 Å². The fourth-order valence-corrected chi connectivity index (χ4v) is 4.84. The number of hydrogen-bond acceptors (Lipinski definition) is 6. The molecule has 7 heteroatoms. The molecule has 3 aromatic rings. The number of nitrogens with zero attached hydrogens (tertiary/aromatic N) is 2. The second kappa shape index (κ2) is 8.08. The summed E-state index contributed by atoms with van der Waals surface area (Å²) in [4.78, 5) is 19.9. The average Bonchev–Trinajstić information content (AvgIpc) is 3.44. The standard InChI is InChI=1S/C23H24N4O2S/c1-15-13-24-9-10-27(15)20-5-3-2-4-18(20)25-22(28)19-14-30-23(26-19)17-6-7-21-16(12-17)8-11-29-21/h2-7,12,14-15,24H,8-11,13H2,1H3,(H,25,28)/t15-/m1/s1. The minimum Gasteiger partial charge on any atom is -0.493 e. The summed E-state index contributed by atoms with van der Waals surface area (Å²) in [6.07, 6.45) is 0.920. The molecule has 3 heterocycles. The Hall–Kier alpha value is -2.90. The van der Waals surface area contributed by atoms with E-state index in [0.29, 0.717) is 11.7 Å². The van der Waals surface area contributed by atoms with Gasteiger partial charge in [0.2, 0.25) is 0 Å². The van der Waals surface area contributed by atoms with Crippen molar-refractivity contribution in [2.45, 2.75) is 19.4 Å². The van der Waals surface area contributed by atoms with Crippen LogP contribution in [0.4, 0.5) is 11.4 Å². The number of anilines is 2. The van der Waals surface area contributed by atoms with Crippen molar-refractivity contribution in [1.29, 1.82) is 0 Å². The number of aromatic nitrogens is 1. The highest BCUT2D eigenvalue weighted by Gasteiger charge is 2.22. The maximum Gasteiger partial charge on any atom is 0.275 e. The number of ether oxygens (including phenoxy) is 1. The van der Waals surface area contributed by atoms with E-state index >= 15 is 0 Å². The van der Waals surface area contributed by atoms with E-state index in [4.69, 9.17) is 4.74 Å². The lowest BCUT2D eigenvalue weighted by atomic mass is 10.1. The van der Waals surface area contributed by atoms with Gasteiger partial charge in [-0.1, -0.05) is 12.1 Å². The Morgan fingerprint density at radius 1 is 1.30 bits per heavy atom. The lowest BCUT2D eigenvalue weighted by Crippen LogP contribution is -2.50. The van der Waals surface area contributed by atoms with Gasteiger partial charge in [0.1, 0.15) is 16.5 Å². The van der Waals surface area contributed by atoms with E-state index in [1.807, 2.05) is 35.7 Å². The van der Waals surface area contributed by atoms with Crippen molar-refractivity contribution in [3.63, 3.8) is 0 Å². The summed E-state index contributed by atoms with van der Waals surface area (Å²) < 4.78 is 5.58. The first-order valence-corrected chi connectivity index (χ1v) is 11.2. The SMILES string of the molecule is C[C@@H]1CNCCN1c1ccccc1NC(=O)c1csc(-c2ccc3c(c2)CCO3)n1. The van der Waals surface area contributed by atoms with Gasteiger partial charge in [-0.05, 0) is 42.8 Å². The van der Waals surface area contributed by atoms with Crippen molar-refractivity contribution in [3.05, 3.63) is 59.1 Å². The number of benzene rings is 2. The molecule has 6 nitrogen and oxygen atoms in total. The quantitative estimate of drug-likeness (QED) is 0.672. The molecule has 1 amide bonds. The molecular formula is C23H24N4O2S. The number of para-hydroxylation sites is 2. The van der Waals surface area contributed by atoms with Crippen LogP contribution in [0.2, 0.25) is 0 Å². The Bertz CT molecular complexity index is 1080. The van der Waals surface area contributed by atoms with Crippen LogP contribution in [0.25, 0.3) is 10.6 Å². The first-order valence-electron chi connectivity index (χ1n) is 10.3. The molecule has 0 aliphatic carbocycles. The number of rotatable bonds is 4. The Morgan fingerprint density at radius 3 is 3.10 bits per heavy atom. The average molecular weight is 421 g/mol. The Balaban J connectivity index is 1.36. The molecule has 2 N–H and O–H groups in total. The lowest BCUT2D eigenvalue weighted by molar-refractivity contribution is 0.102. The van der Waals surface area contributed by atoms with Crippen LogP contribution < -0.4 is 20.3 Å². The third-order valence-electron chi connectivity index (χ3n) is 5.64. The maximum atomic E-state index is 12.9. The van der Waals surface area contributed by atoms with Gasteiger partial charge in [-0.15, -0.1) is 11.3 Å². The number of piperazine rings is 1. The fourth-order valence-electron chi connectivity index (χ4n) is 4.05. The molecule has 0 radical (unpaired) electrons. The fraction of sp³-hybridized carbons (Fsp3) is 0.304. The first-order chi connectivity index (χ1) is 14.7. The first kappa shape index (κ1) is 19.1. The van der Waals surface area contributed by atoms with Gasteiger partial charge in [-0.25, -0.2) is 4.98 Å². The number of carbonyl (C=O) groups is 1. The molecule has 2 aromatic carbocycles. The van der Waals surface area contributed by atoms with Gasteiger partial charge in [0.05, 0.1) is 18.0 Å². The van der Waals surface area contributed by atoms with Crippen LogP contribution in [0, 0.1) is 0 Å². The summed E-state index contributed by atoms with van der Waals surface area (Å²) in [5.41, 5.74) is 4.54. The van der Waals surface area contributed by atoms with Crippen LogP contribution in [0.15, 0.2) is 47.8 Å². The maximum absolute atomic E-state index is 12.9. The monoisotopic (exact) mass is 420 g/mol. The minimum absolute atomic E-state index is 0.183. The zero-order valence-electron chi connectivity index (χ0n) is 16.9. The highest BCUT2D eigenvalue weighted by atomic mass is 32.1. The summed E-state index contributed by atoms with van der Waals surface area (Å²) in [6.45, 7) is 5.71. The molecule has 1 fully saturated rings. The number of fused-ring (bicyclic) bond motifs is 1. The van der Waals surface area contributed by atoms with Crippen molar-refractivity contribution in [2.75, 3.05) is 36.5 Å². The third kappa shape index (κ3) is 3.66. The van der Waals surface area contributed by atoms with Gasteiger partial charge in [-0.2, -0.15) is 0 Å². The van der Waals surface area contributed by atoms with Crippen LogP contribution in [0.5, 0.6) is 5.75 Å². The molecule has 2 aliphatic heterocycles. The highest BCUT2D eigenvalue weighted by Crippen LogP contribution is 2.32. The summed E-state index contributed by atoms with van der Waals surface area (Å²) in [5, 5.41) is 9.15. The molecule has 1 saturated heterocycles. The predicted molar refractivity (Wildman–Crippen MR) is 121 cm³/mol. The van der Waals surface area contributed by atoms with Crippen molar-refractivity contribution < 1.29 is 9.53 Å². The number of thiazole rings is 1. The molecule has 2 aliphatic rings. The van der Waals surface area contributed by atoms with Crippen molar-refractivity contribution in [3.8, 4) is 16.3 Å². The normalized spacial score (nSPS) is 18.0. The van der Waals surface area contributed by atoms with Crippen LogP contribution in [-0.2, 0) is 6.42 Å². The second-order valence-corrected chi connectivity index (χ2v) is 8.53. The molecule has 5 rings (SSSR count). The number of carbonyl (C=O) groups excluding carboxylic acids is 1. The number of nitrogens with one attached hydrogen (secondary N) is 2. The van der Waals surface area contributed by atoms with Crippen LogP contribution in [0.3, 0.4) is 0 Å². The molecule has 1 aromatic heterocycles. The Labute approximate surface area is 179 Å². The van der Waals surface area contributed by atoms with Gasteiger partial charge in [0.25, 0.3) is 5.91 Å². The molecule has 30 heavy (non-hydrogen) atoms. The smallest absolute Gasteiger partial charge is 0.275 e. The van der Waals surface area contributed by atoms with E-state index in [1.165, 1.54) is 16.9 Å². The van der Waals surface area contributed by atoms with E-state index in [9.17, 15) is 4.79 Å². The van der Waals surface area contributed by atoms with E-state index in [1.54, 1.807) is 0 Å². The van der Waals surface area contributed by atoms with E-state index in [-0.39, 0.29) is 5.91 Å². The number of hydrogen-bond donors (Lipinski definition) is 2. The van der Waals surface area contributed by atoms with E-state index < -0.39 is 0 Å². The van der Waals surface area contributed by atoms with E-state index in [2.05, 4.69) is 39.6 Å². The Kier molecular flexibility index (Phi) is 5.14. The molecule has 0 unspecified atom stereocenters. The molecule has 1 atom stereocenters. The predicted octanol–water partition coefficient (Wildman–Crippen LogP) is 3.80. The summed E-state index contributed by atoms with van der Waals surface area (Å²) in [7, 11) is 0. The summed E-state index contributed by atoms with van der Waals surface area (Å²) in [6, 6.07) is 14.5. The van der Waals surface area contributed by atoms with Gasteiger partial charge in [0, 0.05) is 43.0 Å². The molecule has 0 spiro atoms. The Morgan fingerprint density at radius 2 is 2.20 bits per heavy atom. The van der Waals surface area contributed by atoms with Crippen LogP contribution >= 0.6 is 11.3 Å². The summed E-state index contributed by atoms with van der Waals surface area (Å²) in [5.74, 6) is 0.768. The van der Waals surface area contributed by atoms with Crippen LogP contribution in [0.1, 0.15) is 23.0 Å². The molecule has 0 bridgehead atoms. The van der Waals surface area contributed by atoms with Crippen molar-refractivity contribution in [1.82, 2.24) is 10.3 Å². The topological polar surface area (TPSA) is 66.5 Å². The zero-order chi connectivity index (χ0) is 20.5. The molecular weight excluding hydrogens is 396 g/mol. The largest absolute Gasteiger partial charge is 0.493 e. The zero-order valence-corrected chi connectivity index (χ0v) is 17.7. The molecule has 0 saturated carbocycles. The summed E-state index contributed by atoms with van der Waals surface area (Å²) >= 11 is 1.49. The molecule has 154 valence electrons. The second-order valence-electron chi connectivity index (χ2n) is 7.68. The minimum atomic E-state index is -0.183. The number of amides is 1. The van der Waals surface area contributed by atoms with Gasteiger partial charge < -0.3 is 20.3 Å². The lowest BCUT2D eigenvalue weighted by Gasteiger charge is -2.37.